The quantitative estimate of drug-likeness (QED) is 0.686. The molecule has 1 unspecified atom stereocenters. The minimum absolute atomic E-state index is 0.0726. The van der Waals surface area contributed by atoms with E-state index in [4.69, 9.17) is 5.26 Å². The lowest BCUT2D eigenvalue weighted by Crippen LogP contribution is -2.10. The van der Waals surface area contributed by atoms with Crippen LogP contribution in [0.1, 0.15) is 35.0 Å². The van der Waals surface area contributed by atoms with Crippen molar-refractivity contribution in [2.45, 2.75) is 25.3 Å². The second-order valence-electron chi connectivity index (χ2n) is 5.47. The van der Waals surface area contributed by atoms with Crippen molar-refractivity contribution in [2.24, 2.45) is 0 Å². The van der Waals surface area contributed by atoms with Gasteiger partial charge >= 0.3 is 0 Å². The lowest BCUT2D eigenvalue weighted by atomic mass is 10.0. The standard InChI is InChI=1S/C19H18N4S/c20-13-7-12-17(16-10-5-2-6-11-16)21-19-23-22-18(24-19)14-15-8-3-1-4-9-15/h1-6,8-11,17H,7,12,14H2,(H,21,23). The first kappa shape index (κ1) is 16.2. The van der Waals surface area contributed by atoms with Crippen LogP contribution in [0, 0.1) is 11.3 Å². The summed E-state index contributed by atoms with van der Waals surface area (Å²) in [7, 11) is 0. The molecule has 1 heterocycles. The van der Waals surface area contributed by atoms with E-state index >= 15 is 0 Å². The van der Waals surface area contributed by atoms with Crippen molar-refractivity contribution in [1.29, 1.82) is 5.26 Å². The van der Waals surface area contributed by atoms with Crippen molar-refractivity contribution < 1.29 is 0 Å². The molecule has 0 radical (unpaired) electrons. The molecule has 3 rings (SSSR count). The summed E-state index contributed by atoms with van der Waals surface area (Å²) >= 11 is 1.57. The molecule has 5 heteroatoms. The van der Waals surface area contributed by atoms with E-state index in [1.807, 2.05) is 36.4 Å². The van der Waals surface area contributed by atoms with E-state index in [0.29, 0.717) is 6.42 Å². The van der Waals surface area contributed by atoms with Gasteiger partial charge in [0.05, 0.1) is 12.1 Å². The summed E-state index contributed by atoms with van der Waals surface area (Å²) in [5.74, 6) is 0. The molecule has 0 bridgehead atoms. The average Bonchev–Trinajstić information content (AvgIpc) is 3.07. The third-order valence-electron chi connectivity index (χ3n) is 3.71. The summed E-state index contributed by atoms with van der Waals surface area (Å²) < 4.78 is 0. The van der Waals surface area contributed by atoms with Gasteiger partial charge in [-0.05, 0) is 17.5 Å². The zero-order valence-electron chi connectivity index (χ0n) is 13.2. The molecule has 1 aromatic heterocycles. The topological polar surface area (TPSA) is 61.6 Å². The van der Waals surface area contributed by atoms with Gasteiger partial charge in [-0.3, -0.25) is 0 Å². The van der Waals surface area contributed by atoms with Gasteiger partial charge in [-0.1, -0.05) is 72.0 Å². The van der Waals surface area contributed by atoms with E-state index < -0.39 is 0 Å². The number of anilines is 1. The highest BCUT2D eigenvalue weighted by Crippen LogP contribution is 2.26. The zero-order valence-corrected chi connectivity index (χ0v) is 14.0. The molecule has 0 spiro atoms. The summed E-state index contributed by atoms with van der Waals surface area (Å²) in [4.78, 5) is 0. The third kappa shape index (κ3) is 4.40. The fourth-order valence-electron chi connectivity index (χ4n) is 2.52. The number of nitriles is 1. The van der Waals surface area contributed by atoms with Gasteiger partial charge in [0.1, 0.15) is 5.01 Å². The maximum absolute atomic E-state index is 8.89. The lowest BCUT2D eigenvalue weighted by molar-refractivity contribution is 0.707. The molecule has 2 aromatic carbocycles. The summed E-state index contributed by atoms with van der Waals surface area (Å²) in [6.07, 6.45) is 2.03. The lowest BCUT2D eigenvalue weighted by Gasteiger charge is -2.16. The number of hydrogen-bond donors (Lipinski definition) is 1. The van der Waals surface area contributed by atoms with E-state index in [-0.39, 0.29) is 6.04 Å². The molecule has 1 N–H and O–H groups in total. The van der Waals surface area contributed by atoms with Crippen LogP contribution in [-0.2, 0) is 6.42 Å². The largest absolute Gasteiger partial charge is 0.353 e. The number of benzene rings is 2. The minimum atomic E-state index is 0.0726. The molecule has 0 saturated carbocycles. The summed E-state index contributed by atoms with van der Waals surface area (Å²) in [6.45, 7) is 0. The normalized spacial score (nSPS) is 11.6. The van der Waals surface area contributed by atoms with Gasteiger partial charge in [0.15, 0.2) is 0 Å². The second kappa shape index (κ2) is 8.23. The number of nitrogens with one attached hydrogen (secondary N) is 1. The summed E-state index contributed by atoms with van der Waals surface area (Å²) in [5, 5.41) is 22.6. The van der Waals surface area contributed by atoms with Crippen LogP contribution in [0.4, 0.5) is 5.13 Å². The molecular weight excluding hydrogens is 316 g/mol. The Balaban J connectivity index is 1.70. The molecule has 0 aliphatic carbocycles. The van der Waals surface area contributed by atoms with E-state index in [2.05, 4.69) is 45.8 Å². The van der Waals surface area contributed by atoms with Gasteiger partial charge in [0.2, 0.25) is 5.13 Å². The van der Waals surface area contributed by atoms with Gasteiger partial charge in [-0.2, -0.15) is 5.26 Å². The second-order valence-corrected chi connectivity index (χ2v) is 6.53. The first-order chi connectivity index (χ1) is 11.8. The van der Waals surface area contributed by atoms with Gasteiger partial charge < -0.3 is 5.32 Å². The van der Waals surface area contributed by atoms with Crippen molar-refractivity contribution >= 4 is 16.5 Å². The fraction of sp³-hybridized carbons (Fsp3) is 0.211. The fourth-order valence-corrected chi connectivity index (χ4v) is 3.35. The average molecular weight is 334 g/mol. The Labute approximate surface area is 145 Å². The smallest absolute Gasteiger partial charge is 0.206 e. The Morgan fingerprint density at radius 3 is 2.42 bits per heavy atom. The molecule has 0 fully saturated rings. The summed E-state index contributed by atoms with van der Waals surface area (Å²) in [5.41, 5.74) is 2.39. The van der Waals surface area contributed by atoms with Crippen LogP contribution < -0.4 is 5.32 Å². The van der Waals surface area contributed by atoms with Gasteiger partial charge in [-0.15, -0.1) is 10.2 Å². The summed E-state index contributed by atoms with van der Waals surface area (Å²) in [6, 6.07) is 22.7. The highest BCUT2D eigenvalue weighted by atomic mass is 32.1. The van der Waals surface area contributed by atoms with Gasteiger partial charge in [-0.25, -0.2) is 0 Å². The molecule has 0 amide bonds. The molecule has 0 aliphatic heterocycles. The number of rotatable bonds is 7. The zero-order chi connectivity index (χ0) is 16.6. The van der Waals surface area contributed by atoms with Gasteiger partial charge in [0, 0.05) is 12.8 Å². The van der Waals surface area contributed by atoms with E-state index in [1.54, 1.807) is 11.3 Å². The maximum Gasteiger partial charge on any atom is 0.206 e. The van der Waals surface area contributed by atoms with Crippen molar-refractivity contribution in [2.75, 3.05) is 5.32 Å². The Morgan fingerprint density at radius 1 is 1.00 bits per heavy atom. The molecule has 1 atom stereocenters. The Morgan fingerprint density at radius 2 is 1.71 bits per heavy atom. The predicted octanol–water partition coefficient (Wildman–Crippen LogP) is 4.59. The molecule has 3 aromatic rings. The van der Waals surface area contributed by atoms with Crippen LogP contribution in [0.25, 0.3) is 0 Å². The van der Waals surface area contributed by atoms with E-state index in [9.17, 15) is 0 Å². The van der Waals surface area contributed by atoms with Crippen molar-refractivity contribution in [1.82, 2.24) is 10.2 Å². The predicted molar refractivity (Wildman–Crippen MR) is 96.8 cm³/mol. The molecule has 4 nitrogen and oxygen atoms in total. The Hall–Kier alpha value is -2.71. The number of nitrogens with zero attached hydrogens (tertiary/aromatic N) is 3. The minimum Gasteiger partial charge on any atom is -0.353 e. The van der Waals surface area contributed by atoms with Crippen molar-refractivity contribution in [3.63, 3.8) is 0 Å². The van der Waals surface area contributed by atoms with Crippen molar-refractivity contribution in [3.05, 3.63) is 76.8 Å². The highest BCUT2D eigenvalue weighted by Gasteiger charge is 2.14. The SMILES string of the molecule is N#CCCC(Nc1nnc(Cc2ccccc2)s1)c1ccccc1. The Bertz CT molecular complexity index is 793. The van der Waals surface area contributed by atoms with Crippen LogP contribution in [-0.4, -0.2) is 10.2 Å². The first-order valence-corrected chi connectivity index (χ1v) is 8.71. The highest BCUT2D eigenvalue weighted by molar-refractivity contribution is 7.15. The van der Waals surface area contributed by atoms with Gasteiger partial charge in [0.25, 0.3) is 0 Å². The van der Waals surface area contributed by atoms with Crippen LogP contribution in [0.3, 0.4) is 0 Å². The molecule has 24 heavy (non-hydrogen) atoms. The third-order valence-corrected chi connectivity index (χ3v) is 4.56. The monoisotopic (exact) mass is 334 g/mol. The molecular formula is C19H18N4S. The van der Waals surface area contributed by atoms with Crippen molar-refractivity contribution in [3.8, 4) is 6.07 Å². The first-order valence-electron chi connectivity index (χ1n) is 7.90. The number of hydrogen-bond acceptors (Lipinski definition) is 5. The van der Waals surface area contributed by atoms with Crippen LogP contribution in [0.2, 0.25) is 0 Å². The van der Waals surface area contributed by atoms with Crippen LogP contribution in [0.15, 0.2) is 60.7 Å². The van der Waals surface area contributed by atoms with Crippen LogP contribution in [0.5, 0.6) is 0 Å². The molecule has 120 valence electrons. The van der Waals surface area contributed by atoms with Crippen LogP contribution >= 0.6 is 11.3 Å². The molecule has 0 aliphatic rings. The number of aromatic nitrogens is 2. The van der Waals surface area contributed by atoms with E-state index in [1.165, 1.54) is 5.56 Å². The molecule has 0 saturated heterocycles. The van der Waals surface area contributed by atoms with E-state index in [0.717, 1.165) is 28.5 Å². The Kier molecular flexibility index (Phi) is 5.54. The maximum atomic E-state index is 8.89.